The van der Waals surface area contributed by atoms with Gasteiger partial charge in [0.15, 0.2) is 0 Å². The number of anilines is 1. The number of hydrogen-bond donors (Lipinski definition) is 2. The minimum atomic E-state index is 0.846. The highest BCUT2D eigenvalue weighted by Gasteiger charge is 2.10. The summed E-state index contributed by atoms with van der Waals surface area (Å²) in [5, 5.41) is 6.61. The van der Waals surface area contributed by atoms with E-state index >= 15 is 0 Å². The van der Waals surface area contributed by atoms with Gasteiger partial charge in [0.2, 0.25) is 0 Å². The number of hydrogen-bond acceptors (Lipinski definition) is 4. The lowest BCUT2D eigenvalue weighted by molar-refractivity contribution is 0.390. The van der Waals surface area contributed by atoms with Crippen LogP contribution in [0.2, 0.25) is 0 Å². The number of methoxy groups -OCH3 is 2. The molecule has 0 unspecified atom stereocenters. The summed E-state index contributed by atoms with van der Waals surface area (Å²) in [4.78, 5) is 0. The Bertz CT molecular complexity index is 354. The van der Waals surface area contributed by atoms with Crippen LogP contribution in [-0.2, 0) is 0 Å². The van der Waals surface area contributed by atoms with E-state index < -0.39 is 0 Å². The van der Waals surface area contributed by atoms with Crippen LogP contribution in [-0.4, -0.2) is 33.9 Å². The van der Waals surface area contributed by atoms with E-state index in [9.17, 15) is 0 Å². The van der Waals surface area contributed by atoms with Gasteiger partial charge in [-0.15, -0.1) is 0 Å². The van der Waals surface area contributed by atoms with Crippen molar-refractivity contribution in [3.63, 3.8) is 0 Å². The third-order valence-electron chi connectivity index (χ3n) is 2.65. The summed E-state index contributed by atoms with van der Waals surface area (Å²) < 4.78 is 10.7. The van der Waals surface area contributed by atoms with Crippen molar-refractivity contribution in [2.24, 2.45) is 0 Å². The van der Waals surface area contributed by atoms with Crippen molar-refractivity contribution in [3.8, 4) is 11.5 Å². The van der Waals surface area contributed by atoms with Gasteiger partial charge in [-0.1, -0.05) is 6.92 Å². The lowest BCUT2D eigenvalue weighted by Gasteiger charge is -2.15. The maximum Gasteiger partial charge on any atom is 0.148 e. The monoisotopic (exact) mass is 238 g/mol. The van der Waals surface area contributed by atoms with E-state index in [0.717, 1.165) is 42.4 Å². The highest BCUT2D eigenvalue weighted by Crippen LogP contribution is 2.34. The van der Waals surface area contributed by atoms with E-state index in [0.29, 0.717) is 0 Å². The molecular weight excluding hydrogens is 216 g/mol. The number of nitrogens with one attached hydrogen (secondary N) is 2. The maximum atomic E-state index is 5.41. The summed E-state index contributed by atoms with van der Waals surface area (Å²) >= 11 is 0. The molecule has 0 atom stereocenters. The first-order chi connectivity index (χ1) is 8.24. The average molecular weight is 238 g/mol. The standard InChI is InChI=1S/C13H22N2O2/c1-5-14-8-9-15-11-6-7-12(16-3)10(2)13(11)17-4/h6-7,14-15H,5,8-9H2,1-4H3. The molecule has 96 valence electrons. The number of ether oxygens (including phenoxy) is 2. The Labute approximate surface area is 103 Å². The van der Waals surface area contributed by atoms with Gasteiger partial charge in [-0.3, -0.25) is 0 Å². The van der Waals surface area contributed by atoms with Crippen molar-refractivity contribution < 1.29 is 9.47 Å². The lowest BCUT2D eigenvalue weighted by atomic mass is 10.1. The summed E-state index contributed by atoms with van der Waals surface area (Å²) in [6.07, 6.45) is 0. The van der Waals surface area contributed by atoms with Gasteiger partial charge in [-0.25, -0.2) is 0 Å². The van der Waals surface area contributed by atoms with Crippen LogP contribution in [0.1, 0.15) is 12.5 Å². The molecule has 0 heterocycles. The van der Waals surface area contributed by atoms with Crippen LogP contribution in [0.25, 0.3) is 0 Å². The van der Waals surface area contributed by atoms with Crippen molar-refractivity contribution in [2.45, 2.75) is 13.8 Å². The molecule has 0 aromatic heterocycles. The van der Waals surface area contributed by atoms with Gasteiger partial charge in [-0.2, -0.15) is 0 Å². The van der Waals surface area contributed by atoms with Crippen LogP contribution >= 0.6 is 0 Å². The van der Waals surface area contributed by atoms with Crippen LogP contribution in [0.4, 0.5) is 5.69 Å². The molecule has 1 aromatic carbocycles. The fourth-order valence-electron chi connectivity index (χ4n) is 1.76. The Balaban J connectivity index is 2.74. The van der Waals surface area contributed by atoms with Crippen LogP contribution in [0.15, 0.2) is 12.1 Å². The van der Waals surface area contributed by atoms with Crippen LogP contribution in [0.5, 0.6) is 11.5 Å². The molecule has 0 radical (unpaired) electrons. The van der Waals surface area contributed by atoms with Gasteiger partial charge in [0.1, 0.15) is 11.5 Å². The van der Waals surface area contributed by atoms with Crippen molar-refractivity contribution in [3.05, 3.63) is 17.7 Å². The number of rotatable bonds is 7. The minimum Gasteiger partial charge on any atom is -0.496 e. The first-order valence-electron chi connectivity index (χ1n) is 5.90. The predicted octanol–water partition coefficient (Wildman–Crippen LogP) is 2.03. The smallest absolute Gasteiger partial charge is 0.148 e. The van der Waals surface area contributed by atoms with Gasteiger partial charge in [0, 0.05) is 18.7 Å². The molecule has 2 N–H and O–H groups in total. The zero-order valence-electron chi connectivity index (χ0n) is 11.1. The first kappa shape index (κ1) is 13.6. The highest BCUT2D eigenvalue weighted by molar-refractivity contribution is 5.63. The fourth-order valence-corrected chi connectivity index (χ4v) is 1.76. The molecule has 0 aliphatic rings. The molecule has 0 amide bonds. The van der Waals surface area contributed by atoms with Gasteiger partial charge < -0.3 is 20.1 Å². The Morgan fingerprint density at radius 1 is 1.12 bits per heavy atom. The molecular formula is C13H22N2O2. The normalized spacial score (nSPS) is 10.1. The van der Waals surface area contributed by atoms with Crippen molar-refractivity contribution in [2.75, 3.05) is 39.2 Å². The van der Waals surface area contributed by atoms with E-state index in [-0.39, 0.29) is 0 Å². The van der Waals surface area contributed by atoms with Crippen molar-refractivity contribution >= 4 is 5.69 Å². The summed E-state index contributed by atoms with van der Waals surface area (Å²) in [6, 6.07) is 3.93. The second-order valence-corrected chi connectivity index (χ2v) is 3.75. The third kappa shape index (κ3) is 3.53. The third-order valence-corrected chi connectivity index (χ3v) is 2.65. The average Bonchev–Trinajstić information content (AvgIpc) is 2.35. The number of benzene rings is 1. The topological polar surface area (TPSA) is 42.5 Å². The molecule has 4 nitrogen and oxygen atoms in total. The van der Waals surface area contributed by atoms with E-state index in [2.05, 4.69) is 17.6 Å². The van der Waals surface area contributed by atoms with Crippen LogP contribution in [0.3, 0.4) is 0 Å². The zero-order chi connectivity index (χ0) is 12.7. The fraction of sp³-hybridized carbons (Fsp3) is 0.538. The Kier molecular flexibility index (Phi) is 5.63. The molecule has 0 aliphatic heterocycles. The first-order valence-corrected chi connectivity index (χ1v) is 5.90. The largest absolute Gasteiger partial charge is 0.496 e. The van der Waals surface area contributed by atoms with E-state index in [1.165, 1.54) is 0 Å². The van der Waals surface area contributed by atoms with Crippen molar-refractivity contribution in [1.82, 2.24) is 5.32 Å². The summed E-state index contributed by atoms with van der Waals surface area (Å²) in [6.45, 7) is 6.88. The Morgan fingerprint density at radius 2 is 1.88 bits per heavy atom. The molecule has 1 aromatic rings. The second kappa shape index (κ2) is 7.01. The van der Waals surface area contributed by atoms with Crippen LogP contribution < -0.4 is 20.1 Å². The predicted molar refractivity (Wildman–Crippen MR) is 71.3 cm³/mol. The maximum absolute atomic E-state index is 5.41. The number of likely N-dealkylation sites (N-methyl/N-ethyl adjacent to an activating group) is 1. The van der Waals surface area contributed by atoms with Gasteiger partial charge in [-0.05, 0) is 25.6 Å². The molecule has 0 saturated heterocycles. The van der Waals surface area contributed by atoms with E-state index in [1.807, 2.05) is 19.1 Å². The molecule has 0 fully saturated rings. The molecule has 0 bridgehead atoms. The quantitative estimate of drug-likeness (QED) is 0.713. The molecule has 4 heteroatoms. The second-order valence-electron chi connectivity index (χ2n) is 3.75. The molecule has 0 saturated carbocycles. The van der Waals surface area contributed by atoms with E-state index in [1.54, 1.807) is 14.2 Å². The Hall–Kier alpha value is -1.42. The van der Waals surface area contributed by atoms with Crippen LogP contribution in [0, 0.1) is 6.92 Å². The molecule has 0 spiro atoms. The molecule has 17 heavy (non-hydrogen) atoms. The molecule has 0 aliphatic carbocycles. The SMILES string of the molecule is CCNCCNc1ccc(OC)c(C)c1OC. The summed E-state index contributed by atoms with van der Waals surface area (Å²) in [7, 11) is 3.34. The zero-order valence-corrected chi connectivity index (χ0v) is 11.1. The van der Waals surface area contributed by atoms with Gasteiger partial charge in [0.05, 0.1) is 19.9 Å². The van der Waals surface area contributed by atoms with Gasteiger partial charge >= 0.3 is 0 Å². The minimum absolute atomic E-state index is 0.846. The summed E-state index contributed by atoms with van der Waals surface area (Å²) in [5.41, 5.74) is 2.02. The molecule has 1 rings (SSSR count). The highest BCUT2D eigenvalue weighted by atomic mass is 16.5. The Morgan fingerprint density at radius 3 is 2.47 bits per heavy atom. The lowest BCUT2D eigenvalue weighted by Crippen LogP contribution is -2.21. The van der Waals surface area contributed by atoms with Crippen molar-refractivity contribution in [1.29, 1.82) is 0 Å². The summed E-state index contributed by atoms with van der Waals surface area (Å²) in [5.74, 6) is 1.69. The van der Waals surface area contributed by atoms with E-state index in [4.69, 9.17) is 9.47 Å². The van der Waals surface area contributed by atoms with Gasteiger partial charge in [0.25, 0.3) is 0 Å².